The molecule has 1 atom stereocenters. The molecule has 2 aromatic heterocycles. The van der Waals surface area contributed by atoms with Crippen molar-refractivity contribution in [2.45, 2.75) is 6.04 Å². The Balaban J connectivity index is 1.75. The third-order valence-electron chi connectivity index (χ3n) is 3.35. The highest BCUT2D eigenvalue weighted by molar-refractivity contribution is 6.36. The van der Waals surface area contributed by atoms with Gasteiger partial charge in [0.05, 0.1) is 16.8 Å². The first-order chi connectivity index (χ1) is 11.1. The molecular weight excluding hydrogens is 337 g/mol. The van der Waals surface area contributed by atoms with Gasteiger partial charge in [-0.1, -0.05) is 23.2 Å². The fourth-order valence-corrected chi connectivity index (χ4v) is 2.72. The fourth-order valence-electron chi connectivity index (χ4n) is 2.23. The van der Waals surface area contributed by atoms with Gasteiger partial charge in [0.15, 0.2) is 0 Å². The summed E-state index contributed by atoms with van der Waals surface area (Å²) in [5.74, 6) is 0.423. The third-order valence-corrected chi connectivity index (χ3v) is 3.90. The maximum Gasteiger partial charge on any atom is 0.252 e. The maximum atomic E-state index is 12.3. The lowest BCUT2D eigenvalue weighted by Gasteiger charge is -2.16. The number of nitrogens with zero attached hydrogens (tertiary/aromatic N) is 2. The van der Waals surface area contributed by atoms with Gasteiger partial charge in [0.1, 0.15) is 11.8 Å². The van der Waals surface area contributed by atoms with E-state index in [0.29, 0.717) is 27.9 Å². The quantitative estimate of drug-likeness (QED) is 0.761. The van der Waals surface area contributed by atoms with Crippen molar-refractivity contribution in [2.75, 3.05) is 6.54 Å². The zero-order valence-electron chi connectivity index (χ0n) is 11.9. The van der Waals surface area contributed by atoms with E-state index in [1.165, 1.54) is 6.07 Å². The van der Waals surface area contributed by atoms with E-state index in [9.17, 15) is 4.79 Å². The van der Waals surface area contributed by atoms with Crippen LogP contribution in [0.25, 0.3) is 0 Å². The molecule has 3 rings (SSSR count). The van der Waals surface area contributed by atoms with E-state index in [-0.39, 0.29) is 11.9 Å². The van der Waals surface area contributed by atoms with Crippen molar-refractivity contribution in [1.29, 1.82) is 0 Å². The average Bonchev–Trinajstić information content (AvgIpc) is 3.21. The number of halogens is 2. The first kappa shape index (κ1) is 15.6. The van der Waals surface area contributed by atoms with Crippen LogP contribution in [0.1, 0.15) is 22.2 Å². The van der Waals surface area contributed by atoms with Crippen LogP contribution >= 0.6 is 23.2 Å². The molecule has 23 heavy (non-hydrogen) atoms. The molecule has 0 saturated heterocycles. The second kappa shape index (κ2) is 6.89. The van der Waals surface area contributed by atoms with E-state index in [2.05, 4.69) is 10.4 Å². The van der Waals surface area contributed by atoms with Gasteiger partial charge >= 0.3 is 0 Å². The molecule has 0 radical (unpaired) electrons. The van der Waals surface area contributed by atoms with Crippen LogP contribution in [0.3, 0.4) is 0 Å². The normalized spacial score (nSPS) is 12.1. The summed E-state index contributed by atoms with van der Waals surface area (Å²) in [5.41, 5.74) is 0.370. The Hall–Kier alpha value is -2.24. The number of aromatic nitrogens is 2. The molecule has 1 N–H and O–H groups in total. The molecule has 118 valence electrons. The number of carbonyl (C=O) groups is 1. The summed E-state index contributed by atoms with van der Waals surface area (Å²) in [5, 5.41) is 7.85. The Bertz CT molecular complexity index is 752. The SMILES string of the molecule is O=C(NCC(c1ccco1)n1cccn1)c1ccc(Cl)cc1Cl. The second-order valence-electron chi connectivity index (χ2n) is 4.85. The molecule has 0 bridgehead atoms. The van der Waals surface area contributed by atoms with Crippen LogP contribution in [0.5, 0.6) is 0 Å². The van der Waals surface area contributed by atoms with Crippen molar-refractivity contribution in [1.82, 2.24) is 15.1 Å². The van der Waals surface area contributed by atoms with Gasteiger partial charge in [-0.3, -0.25) is 9.48 Å². The van der Waals surface area contributed by atoms with Gasteiger partial charge in [0.25, 0.3) is 5.91 Å². The summed E-state index contributed by atoms with van der Waals surface area (Å²) >= 11 is 11.9. The first-order valence-corrected chi connectivity index (χ1v) is 7.66. The summed E-state index contributed by atoms with van der Waals surface area (Å²) < 4.78 is 7.17. The van der Waals surface area contributed by atoms with Crippen LogP contribution in [0.2, 0.25) is 10.0 Å². The number of nitrogens with one attached hydrogen (secondary N) is 1. The lowest BCUT2D eigenvalue weighted by Crippen LogP contribution is -2.31. The van der Waals surface area contributed by atoms with Gasteiger partial charge < -0.3 is 9.73 Å². The van der Waals surface area contributed by atoms with E-state index in [1.54, 1.807) is 35.3 Å². The monoisotopic (exact) mass is 349 g/mol. The van der Waals surface area contributed by atoms with E-state index in [0.717, 1.165) is 0 Å². The third kappa shape index (κ3) is 3.57. The number of hydrogen-bond donors (Lipinski definition) is 1. The molecule has 7 heteroatoms. The molecular formula is C16H13Cl2N3O2. The van der Waals surface area contributed by atoms with Gasteiger partial charge in [0.2, 0.25) is 0 Å². The molecule has 3 aromatic rings. The lowest BCUT2D eigenvalue weighted by molar-refractivity contribution is 0.0948. The molecule has 2 heterocycles. The number of rotatable bonds is 5. The molecule has 1 amide bonds. The predicted molar refractivity (Wildman–Crippen MR) is 87.9 cm³/mol. The average molecular weight is 350 g/mol. The Morgan fingerprint density at radius 1 is 1.30 bits per heavy atom. The lowest BCUT2D eigenvalue weighted by atomic mass is 10.2. The summed E-state index contributed by atoms with van der Waals surface area (Å²) in [4.78, 5) is 12.3. The van der Waals surface area contributed by atoms with Crippen LogP contribution in [0.4, 0.5) is 0 Å². The Morgan fingerprint density at radius 2 is 2.17 bits per heavy atom. The number of furan rings is 1. The highest BCUT2D eigenvalue weighted by Gasteiger charge is 2.19. The largest absolute Gasteiger partial charge is 0.467 e. The van der Waals surface area contributed by atoms with Gasteiger partial charge in [-0.25, -0.2) is 0 Å². The highest BCUT2D eigenvalue weighted by Crippen LogP contribution is 2.22. The first-order valence-electron chi connectivity index (χ1n) is 6.91. The predicted octanol–water partition coefficient (Wildman–Crippen LogP) is 3.80. The van der Waals surface area contributed by atoms with Gasteiger partial charge in [-0.05, 0) is 36.4 Å². The van der Waals surface area contributed by atoms with Crippen LogP contribution in [0, 0.1) is 0 Å². The molecule has 5 nitrogen and oxygen atoms in total. The molecule has 0 aliphatic carbocycles. The van der Waals surface area contributed by atoms with Crippen molar-refractivity contribution in [3.8, 4) is 0 Å². The van der Waals surface area contributed by atoms with Crippen LogP contribution in [0.15, 0.2) is 59.5 Å². The van der Waals surface area contributed by atoms with E-state index >= 15 is 0 Å². The van der Waals surface area contributed by atoms with E-state index in [1.807, 2.05) is 18.3 Å². The van der Waals surface area contributed by atoms with Crippen LogP contribution in [-0.2, 0) is 0 Å². The molecule has 1 unspecified atom stereocenters. The molecule has 1 aromatic carbocycles. The molecule has 0 spiro atoms. The Morgan fingerprint density at radius 3 is 2.83 bits per heavy atom. The molecule has 0 aliphatic rings. The van der Waals surface area contributed by atoms with Crippen LogP contribution in [-0.4, -0.2) is 22.2 Å². The van der Waals surface area contributed by atoms with E-state index < -0.39 is 0 Å². The fraction of sp³-hybridized carbons (Fsp3) is 0.125. The van der Waals surface area contributed by atoms with Crippen molar-refractivity contribution >= 4 is 29.1 Å². The van der Waals surface area contributed by atoms with Crippen molar-refractivity contribution in [3.63, 3.8) is 0 Å². The van der Waals surface area contributed by atoms with Crippen LogP contribution < -0.4 is 5.32 Å². The van der Waals surface area contributed by atoms with Gasteiger partial charge in [-0.2, -0.15) is 5.10 Å². The minimum absolute atomic E-state index is 0.241. The second-order valence-corrected chi connectivity index (χ2v) is 5.70. The Kier molecular flexibility index (Phi) is 4.69. The minimum Gasteiger partial charge on any atom is -0.467 e. The number of amides is 1. The van der Waals surface area contributed by atoms with Gasteiger partial charge in [0, 0.05) is 24.0 Å². The molecule has 0 saturated carbocycles. The maximum absolute atomic E-state index is 12.3. The number of benzene rings is 1. The number of carbonyl (C=O) groups excluding carboxylic acids is 1. The summed E-state index contributed by atoms with van der Waals surface area (Å²) in [6, 6.07) is 9.96. The highest BCUT2D eigenvalue weighted by atomic mass is 35.5. The van der Waals surface area contributed by atoms with Crippen molar-refractivity contribution < 1.29 is 9.21 Å². The summed E-state index contributed by atoms with van der Waals surface area (Å²) in [7, 11) is 0. The zero-order valence-corrected chi connectivity index (χ0v) is 13.5. The minimum atomic E-state index is -0.282. The summed E-state index contributed by atoms with van der Waals surface area (Å²) in [6.07, 6.45) is 5.08. The molecule has 0 aliphatic heterocycles. The topological polar surface area (TPSA) is 60.1 Å². The van der Waals surface area contributed by atoms with Gasteiger partial charge in [-0.15, -0.1) is 0 Å². The smallest absolute Gasteiger partial charge is 0.252 e. The molecule has 0 fully saturated rings. The Labute approximate surface area is 142 Å². The standard InChI is InChI=1S/C16H13Cl2N3O2/c17-11-4-5-12(13(18)9-11)16(22)19-10-14(15-3-1-8-23-15)21-7-2-6-20-21/h1-9,14H,10H2,(H,19,22). The summed E-state index contributed by atoms with van der Waals surface area (Å²) in [6.45, 7) is 0.312. The van der Waals surface area contributed by atoms with E-state index in [4.69, 9.17) is 27.6 Å². The zero-order chi connectivity index (χ0) is 16.2. The van der Waals surface area contributed by atoms with Crippen molar-refractivity contribution in [3.05, 3.63) is 76.4 Å². The van der Waals surface area contributed by atoms with Crippen molar-refractivity contribution in [2.24, 2.45) is 0 Å². The number of hydrogen-bond acceptors (Lipinski definition) is 3.